The molecule has 0 unspecified atom stereocenters. The number of hydrogen-bond acceptors (Lipinski definition) is 2. The number of carbonyl (C=O) groups is 1. The van der Waals surface area contributed by atoms with E-state index in [4.69, 9.17) is 4.74 Å². The first kappa shape index (κ1) is 14.6. The number of ether oxygens (including phenoxy) is 1. The Morgan fingerprint density at radius 2 is 2.00 bits per heavy atom. The Labute approximate surface area is 111 Å². The molecule has 2 aliphatic rings. The summed E-state index contributed by atoms with van der Waals surface area (Å²) in [6.45, 7) is 2.84. The van der Waals surface area contributed by atoms with Gasteiger partial charge in [0, 0.05) is 12.6 Å². The molecule has 6 heteroatoms. The largest absolute Gasteiger partial charge is 0.406 e. The van der Waals surface area contributed by atoms with Crippen LogP contribution >= 0.6 is 0 Å². The van der Waals surface area contributed by atoms with Gasteiger partial charge in [-0.05, 0) is 38.0 Å². The van der Waals surface area contributed by atoms with Gasteiger partial charge in [-0.3, -0.25) is 4.79 Å². The molecule has 0 aromatic carbocycles. The smallest absolute Gasteiger partial charge is 0.368 e. The molecule has 19 heavy (non-hydrogen) atoms. The highest BCUT2D eigenvalue weighted by Crippen LogP contribution is 2.37. The minimum atomic E-state index is -4.36. The van der Waals surface area contributed by atoms with E-state index in [1.165, 1.54) is 0 Å². The summed E-state index contributed by atoms with van der Waals surface area (Å²) in [4.78, 5) is 13.3. The molecular formula is C13H20F3NO2. The minimum absolute atomic E-state index is 0.00497. The maximum absolute atomic E-state index is 12.7. The number of amides is 1. The van der Waals surface area contributed by atoms with Crippen LogP contribution < -0.4 is 0 Å². The van der Waals surface area contributed by atoms with Gasteiger partial charge in [-0.2, -0.15) is 13.2 Å². The molecule has 110 valence electrons. The van der Waals surface area contributed by atoms with Crippen molar-refractivity contribution in [2.24, 2.45) is 11.8 Å². The Morgan fingerprint density at radius 3 is 2.42 bits per heavy atom. The van der Waals surface area contributed by atoms with Crippen molar-refractivity contribution in [2.75, 3.05) is 13.2 Å². The lowest BCUT2D eigenvalue weighted by molar-refractivity contribution is -0.172. The van der Waals surface area contributed by atoms with E-state index in [0.29, 0.717) is 6.61 Å². The van der Waals surface area contributed by atoms with Gasteiger partial charge in [0.05, 0.1) is 0 Å². The number of rotatable bonds is 4. The standard InChI is InChI=1S/C13H20F3NO2/c1-8-5-6-19-11(8)12(18)17(7-13(14,15)16)9(2)10-3-4-10/h8-11H,3-7H2,1-2H3/t8-,9-,11-/m1/s1. The maximum atomic E-state index is 12.7. The second-order valence-corrected chi connectivity index (χ2v) is 5.72. The van der Waals surface area contributed by atoms with Crippen LogP contribution in [0, 0.1) is 11.8 Å². The number of alkyl halides is 3. The van der Waals surface area contributed by atoms with Gasteiger partial charge in [0.25, 0.3) is 5.91 Å². The molecule has 0 aromatic heterocycles. The Balaban J connectivity index is 2.09. The molecule has 0 N–H and O–H groups in total. The van der Waals surface area contributed by atoms with Crippen LogP contribution in [0.1, 0.15) is 33.1 Å². The lowest BCUT2D eigenvalue weighted by atomic mass is 10.0. The van der Waals surface area contributed by atoms with Crippen molar-refractivity contribution < 1.29 is 22.7 Å². The first-order valence-corrected chi connectivity index (χ1v) is 6.78. The normalized spacial score (nSPS) is 29.3. The van der Waals surface area contributed by atoms with Crippen LogP contribution in [-0.2, 0) is 9.53 Å². The Hall–Kier alpha value is -0.780. The summed E-state index contributed by atoms with van der Waals surface area (Å²) in [5.74, 6) is -0.292. The average Bonchev–Trinajstić information content (AvgIpc) is 3.06. The first-order chi connectivity index (χ1) is 8.79. The van der Waals surface area contributed by atoms with Gasteiger partial charge in [0.15, 0.2) is 0 Å². The Kier molecular flexibility index (Phi) is 4.08. The van der Waals surface area contributed by atoms with Crippen molar-refractivity contribution in [1.82, 2.24) is 4.90 Å². The van der Waals surface area contributed by atoms with Crippen molar-refractivity contribution >= 4 is 5.91 Å². The van der Waals surface area contributed by atoms with Crippen LogP contribution in [0.5, 0.6) is 0 Å². The SMILES string of the molecule is C[C@@H]1CCO[C@H]1C(=O)N(CC(F)(F)F)[C@H](C)C1CC1. The van der Waals surface area contributed by atoms with Crippen LogP contribution in [0.25, 0.3) is 0 Å². The molecule has 1 saturated carbocycles. The van der Waals surface area contributed by atoms with E-state index >= 15 is 0 Å². The monoisotopic (exact) mass is 279 g/mol. The molecule has 3 atom stereocenters. The second-order valence-electron chi connectivity index (χ2n) is 5.72. The van der Waals surface area contributed by atoms with Crippen molar-refractivity contribution in [3.63, 3.8) is 0 Å². The summed E-state index contributed by atoms with van der Waals surface area (Å²) in [7, 11) is 0. The molecule has 3 nitrogen and oxygen atoms in total. The Bertz CT molecular complexity index is 341. The van der Waals surface area contributed by atoms with E-state index in [2.05, 4.69) is 0 Å². The van der Waals surface area contributed by atoms with Crippen molar-refractivity contribution in [3.05, 3.63) is 0 Å². The van der Waals surface area contributed by atoms with E-state index in [-0.39, 0.29) is 17.9 Å². The lowest BCUT2D eigenvalue weighted by Crippen LogP contribution is -2.50. The van der Waals surface area contributed by atoms with Gasteiger partial charge in [-0.1, -0.05) is 6.92 Å². The zero-order chi connectivity index (χ0) is 14.2. The highest BCUT2D eigenvalue weighted by Gasteiger charge is 2.44. The van der Waals surface area contributed by atoms with Gasteiger partial charge in [-0.15, -0.1) is 0 Å². The van der Waals surface area contributed by atoms with E-state index in [0.717, 1.165) is 24.2 Å². The average molecular weight is 279 g/mol. The van der Waals surface area contributed by atoms with Crippen LogP contribution in [0.4, 0.5) is 13.2 Å². The fourth-order valence-electron chi connectivity index (χ4n) is 2.62. The van der Waals surface area contributed by atoms with Gasteiger partial charge < -0.3 is 9.64 Å². The van der Waals surface area contributed by atoms with Gasteiger partial charge in [0.1, 0.15) is 12.6 Å². The predicted molar refractivity (Wildman–Crippen MR) is 63.5 cm³/mol. The van der Waals surface area contributed by atoms with Crippen LogP contribution in [0.2, 0.25) is 0 Å². The first-order valence-electron chi connectivity index (χ1n) is 6.78. The second kappa shape index (κ2) is 5.31. The number of nitrogens with zero attached hydrogens (tertiary/aromatic N) is 1. The van der Waals surface area contributed by atoms with E-state index in [1.54, 1.807) is 6.92 Å². The van der Waals surface area contributed by atoms with E-state index in [1.807, 2.05) is 6.92 Å². The predicted octanol–water partition coefficient (Wildman–Crippen LogP) is 2.60. The molecule has 1 aliphatic heterocycles. The summed E-state index contributed by atoms with van der Waals surface area (Å²) in [6, 6.07) is -0.356. The summed E-state index contributed by atoms with van der Waals surface area (Å²) < 4.78 is 43.3. The number of hydrogen-bond donors (Lipinski definition) is 0. The van der Waals surface area contributed by atoms with Crippen LogP contribution in [-0.4, -0.2) is 42.3 Å². The molecule has 1 heterocycles. The molecular weight excluding hydrogens is 259 g/mol. The summed E-state index contributed by atoms with van der Waals surface area (Å²) in [6.07, 6.45) is -2.52. The summed E-state index contributed by atoms with van der Waals surface area (Å²) in [5.41, 5.74) is 0. The van der Waals surface area contributed by atoms with Crippen molar-refractivity contribution in [3.8, 4) is 0 Å². The summed E-state index contributed by atoms with van der Waals surface area (Å²) >= 11 is 0. The molecule has 2 rings (SSSR count). The third kappa shape index (κ3) is 3.61. The fraction of sp³-hybridized carbons (Fsp3) is 0.923. The van der Waals surface area contributed by atoms with Crippen molar-refractivity contribution in [1.29, 1.82) is 0 Å². The molecule has 1 saturated heterocycles. The Morgan fingerprint density at radius 1 is 1.37 bits per heavy atom. The van der Waals surface area contributed by atoms with Crippen LogP contribution in [0.15, 0.2) is 0 Å². The van der Waals surface area contributed by atoms with Gasteiger partial charge >= 0.3 is 6.18 Å². The van der Waals surface area contributed by atoms with Gasteiger partial charge in [0.2, 0.25) is 0 Å². The number of carbonyl (C=O) groups excluding carboxylic acids is 1. The fourth-order valence-corrected chi connectivity index (χ4v) is 2.62. The molecule has 0 bridgehead atoms. The molecule has 1 aliphatic carbocycles. The summed E-state index contributed by atoms with van der Waals surface area (Å²) in [5, 5.41) is 0. The highest BCUT2D eigenvalue weighted by molar-refractivity contribution is 5.82. The molecule has 1 amide bonds. The third-order valence-corrected chi connectivity index (χ3v) is 4.06. The number of halogens is 3. The van der Waals surface area contributed by atoms with Crippen molar-refractivity contribution in [2.45, 2.75) is 51.4 Å². The van der Waals surface area contributed by atoms with Crippen LogP contribution in [0.3, 0.4) is 0 Å². The van der Waals surface area contributed by atoms with E-state index < -0.39 is 24.7 Å². The zero-order valence-electron chi connectivity index (χ0n) is 11.2. The highest BCUT2D eigenvalue weighted by atomic mass is 19.4. The van der Waals surface area contributed by atoms with E-state index in [9.17, 15) is 18.0 Å². The topological polar surface area (TPSA) is 29.5 Å². The maximum Gasteiger partial charge on any atom is 0.406 e. The zero-order valence-corrected chi connectivity index (χ0v) is 11.2. The molecule has 2 fully saturated rings. The van der Waals surface area contributed by atoms with Gasteiger partial charge in [-0.25, -0.2) is 0 Å². The third-order valence-electron chi connectivity index (χ3n) is 4.06. The lowest BCUT2D eigenvalue weighted by Gasteiger charge is -2.33. The minimum Gasteiger partial charge on any atom is -0.368 e. The quantitative estimate of drug-likeness (QED) is 0.791. The molecule has 0 aromatic rings. The molecule has 0 radical (unpaired) electrons. The molecule has 0 spiro atoms.